The van der Waals surface area contributed by atoms with Crippen LogP contribution in [0.2, 0.25) is 0 Å². The lowest BCUT2D eigenvalue weighted by atomic mass is 10.4. The Bertz CT molecular complexity index is 723. The number of aromatic nitrogens is 6. The number of anilines is 1. The highest BCUT2D eigenvalue weighted by molar-refractivity contribution is 5.81. The van der Waals surface area contributed by atoms with Crippen LogP contribution in [0.1, 0.15) is 31.7 Å². The summed E-state index contributed by atoms with van der Waals surface area (Å²) in [5.74, 6) is 1.63. The van der Waals surface area contributed by atoms with E-state index >= 15 is 0 Å². The number of hydrogen-bond donors (Lipinski definition) is 2. The van der Waals surface area contributed by atoms with Gasteiger partial charge in [0.25, 0.3) is 0 Å². The average molecular weight is 289 g/mol. The van der Waals surface area contributed by atoms with Gasteiger partial charge in [-0.15, -0.1) is 0 Å². The highest BCUT2D eigenvalue weighted by Crippen LogP contribution is 2.16. The molecule has 1 atom stereocenters. The first-order valence-corrected chi connectivity index (χ1v) is 6.60. The Morgan fingerprint density at radius 3 is 3.14 bits per heavy atom. The number of hydrogen-bond acceptors (Lipinski definition) is 8. The normalized spacial score (nSPS) is 12.7. The smallest absolute Gasteiger partial charge is 0.246 e. The van der Waals surface area contributed by atoms with Crippen molar-refractivity contribution in [3.63, 3.8) is 0 Å². The van der Waals surface area contributed by atoms with Gasteiger partial charge in [-0.1, -0.05) is 5.16 Å². The van der Waals surface area contributed by atoms with Gasteiger partial charge in [-0.3, -0.25) is 0 Å². The third-order valence-corrected chi connectivity index (χ3v) is 2.89. The van der Waals surface area contributed by atoms with Gasteiger partial charge in [0.05, 0.1) is 12.9 Å². The van der Waals surface area contributed by atoms with Gasteiger partial charge in [0, 0.05) is 6.61 Å². The summed E-state index contributed by atoms with van der Waals surface area (Å²) in [5.41, 5.74) is 1.34. The molecule has 0 unspecified atom stereocenters. The molecule has 21 heavy (non-hydrogen) atoms. The molecule has 0 bridgehead atoms. The zero-order valence-electron chi connectivity index (χ0n) is 11.7. The van der Waals surface area contributed by atoms with Gasteiger partial charge >= 0.3 is 0 Å². The quantitative estimate of drug-likeness (QED) is 0.700. The predicted molar refractivity (Wildman–Crippen MR) is 73.3 cm³/mol. The van der Waals surface area contributed by atoms with E-state index in [0.717, 1.165) is 5.52 Å². The molecule has 3 aromatic heterocycles. The molecule has 0 aliphatic heterocycles. The van der Waals surface area contributed by atoms with Gasteiger partial charge in [-0.2, -0.15) is 4.98 Å². The number of imidazole rings is 1. The first kappa shape index (κ1) is 13.4. The van der Waals surface area contributed by atoms with Crippen molar-refractivity contribution in [2.24, 2.45) is 0 Å². The minimum atomic E-state index is -0.189. The summed E-state index contributed by atoms with van der Waals surface area (Å²) in [6, 6.07) is 0. The zero-order valence-corrected chi connectivity index (χ0v) is 11.7. The summed E-state index contributed by atoms with van der Waals surface area (Å²) in [5, 5.41) is 7.01. The van der Waals surface area contributed by atoms with E-state index in [-0.39, 0.29) is 6.10 Å². The zero-order chi connectivity index (χ0) is 14.7. The van der Waals surface area contributed by atoms with E-state index in [0.29, 0.717) is 36.3 Å². The fourth-order valence-corrected chi connectivity index (χ4v) is 1.89. The van der Waals surface area contributed by atoms with Gasteiger partial charge in [0.15, 0.2) is 17.3 Å². The van der Waals surface area contributed by atoms with Gasteiger partial charge in [-0.05, 0) is 13.8 Å². The second kappa shape index (κ2) is 5.83. The molecule has 0 fully saturated rings. The van der Waals surface area contributed by atoms with Crippen LogP contribution in [0.15, 0.2) is 17.2 Å². The Balaban J connectivity index is 1.69. The first-order chi connectivity index (χ1) is 10.3. The van der Waals surface area contributed by atoms with Crippen LogP contribution in [0.25, 0.3) is 11.2 Å². The molecule has 9 heteroatoms. The maximum Gasteiger partial charge on any atom is 0.246 e. The van der Waals surface area contributed by atoms with Crippen molar-refractivity contribution in [3.8, 4) is 0 Å². The van der Waals surface area contributed by atoms with Gasteiger partial charge in [0.2, 0.25) is 5.89 Å². The second-order valence-electron chi connectivity index (χ2n) is 4.32. The van der Waals surface area contributed by atoms with E-state index < -0.39 is 0 Å². The van der Waals surface area contributed by atoms with Gasteiger partial charge < -0.3 is 19.6 Å². The monoisotopic (exact) mass is 289 g/mol. The molecular weight excluding hydrogens is 274 g/mol. The Labute approximate surface area is 120 Å². The summed E-state index contributed by atoms with van der Waals surface area (Å²) in [4.78, 5) is 19.5. The molecule has 9 nitrogen and oxygen atoms in total. The summed E-state index contributed by atoms with van der Waals surface area (Å²) in [7, 11) is 0. The van der Waals surface area contributed by atoms with Crippen molar-refractivity contribution in [1.82, 2.24) is 30.1 Å². The molecule has 3 heterocycles. The number of rotatable bonds is 6. The molecule has 2 N–H and O–H groups in total. The lowest BCUT2D eigenvalue weighted by Crippen LogP contribution is -2.04. The standard InChI is InChI=1S/C12H15N7O2/c1-3-20-7(2)10-18-8(21-19-10)4-13-11-9-12(15-5-14-9)17-6-16-11/h5-7H,3-4H2,1-2H3,(H2,13,14,15,16,17)/t7-/m1/s1. The minimum Gasteiger partial charge on any atom is -0.371 e. The summed E-state index contributed by atoms with van der Waals surface area (Å²) in [6.07, 6.45) is 2.83. The summed E-state index contributed by atoms with van der Waals surface area (Å²) < 4.78 is 10.6. The lowest BCUT2D eigenvalue weighted by molar-refractivity contribution is 0.0683. The highest BCUT2D eigenvalue weighted by atomic mass is 16.5. The fraction of sp³-hybridized carbons (Fsp3) is 0.417. The molecule has 0 saturated carbocycles. The largest absolute Gasteiger partial charge is 0.371 e. The second-order valence-corrected chi connectivity index (χ2v) is 4.32. The highest BCUT2D eigenvalue weighted by Gasteiger charge is 2.14. The Morgan fingerprint density at radius 2 is 2.29 bits per heavy atom. The van der Waals surface area contributed by atoms with Gasteiger partial charge in [-0.25, -0.2) is 15.0 Å². The average Bonchev–Trinajstić information content (AvgIpc) is 3.14. The Hall–Kier alpha value is -2.55. The third-order valence-electron chi connectivity index (χ3n) is 2.89. The molecule has 0 spiro atoms. The lowest BCUT2D eigenvalue weighted by Gasteiger charge is -2.05. The van der Waals surface area contributed by atoms with Crippen molar-refractivity contribution in [1.29, 1.82) is 0 Å². The number of nitrogens with one attached hydrogen (secondary N) is 2. The van der Waals surface area contributed by atoms with Crippen molar-refractivity contribution >= 4 is 17.0 Å². The van der Waals surface area contributed by atoms with Crippen LogP contribution in [0.4, 0.5) is 5.82 Å². The Morgan fingerprint density at radius 1 is 1.38 bits per heavy atom. The van der Waals surface area contributed by atoms with E-state index in [9.17, 15) is 0 Å². The maximum absolute atomic E-state index is 5.41. The fourth-order valence-electron chi connectivity index (χ4n) is 1.89. The molecule has 110 valence electrons. The molecule has 0 aromatic carbocycles. The van der Waals surface area contributed by atoms with Crippen LogP contribution in [-0.4, -0.2) is 36.7 Å². The van der Waals surface area contributed by atoms with Crippen molar-refractivity contribution in [2.75, 3.05) is 11.9 Å². The predicted octanol–water partition coefficient (Wildman–Crippen LogP) is 1.45. The third kappa shape index (κ3) is 2.82. The van der Waals surface area contributed by atoms with E-state index in [1.54, 1.807) is 6.33 Å². The van der Waals surface area contributed by atoms with Crippen LogP contribution < -0.4 is 5.32 Å². The molecule has 0 amide bonds. The van der Waals surface area contributed by atoms with Crippen LogP contribution in [0.3, 0.4) is 0 Å². The first-order valence-electron chi connectivity index (χ1n) is 6.60. The van der Waals surface area contributed by atoms with Crippen LogP contribution in [-0.2, 0) is 11.3 Å². The van der Waals surface area contributed by atoms with Crippen LogP contribution in [0, 0.1) is 0 Å². The molecule has 3 aromatic rings. The maximum atomic E-state index is 5.41. The number of nitrogens with zero attached hydrogens (tertiary/aromatic N) is 5. The van der Waals surface area contributed by atoms with E-state index in [4.69, 9.17) is 9.26 Å². The SMILES string of the molecule is CCO[C@H](C)c1noc(CNc2ncnc3nc[nH]c23)n1. The van der Waals surface area contributed by atoms with E-state index in [2.05, 4.69) is 35.4 Å². The molecular formula is C12H15N7O2. The topological polar surface area (TPSA) is 115 Å². The summed E-state index contributed by atoms with van der Waals surface area (Å²) >= 11 is 0. The minimum absolute atomic E-state index is 0.189. The van der Waals surface area contributed by atoms with Crippen molar-refractivity contribution in [3.05, 3.63) is 24.4 Å². The van der Waals surface area contributed by atoms with E-state index in [1.165, 1.54) is 6.33 Å². The molecule has 0 saturated heterocycles. The molecule has 0 radical (unpaired) electrons. The van der Waals surface area contributed by atoms with Crippen LogP contribution in [0.5, 0.6) is 0 Å². The summed E-state index contributed by atoms with van der Waals surface area (Å²) in [6.45, 7) is 4.76. The molecule has 0 aliphatic rings. The Kier molecular flexibility index (Phi) is 3.73. The van der Waals surface area contributed by atoms with E-state index in [1.807, 2.05) is 13.8 Å². The van der Waals surface area contributed by atoms with Crippen molar-refractivity contribution in [2.45, 2.75) is 26.5 Å². The number of H-pyrrole nitrogens is 1. The number of fused-ring (bicyclic) bond motifs is 1. The van der Waals surface area contributed by atoms with Crippen LogP contribution >= 0.6 is 0 Å². The number of aromatic amines is 1. The molecule has 0 aliphatic carbocycles. The van der Waals surface area contributed by atoms with Crippen molar-refractivity contribution < 1.29 is 9.26 Å². The van der Waals surface area contributed by atoms with Gasteiger partial charge in [0.1, 0.15) is 17.9 Å². The number of ether oxygens (including phenoxy) is 1. The molecule has 3 rings (SSSR count).